The lowest BCUT2D eigenvalue weighted by Crippen LogP contribution is -2.26. The van der Waals surface area contributed by atoms with Crippen LogP contribution in [0.1, 0.15) is 12.1 Å². The maximum Gasteiger partial charge on any atom is 0.320 e. The molecule has 0 bridgehead atoms. The molecule has 2 aromatic carbocycles. The molecule has 2 heterocycles. The molecule has 0 fully saturated rings. The molecular weight excluding hydrogens is 363 g/mol. The summed E-state index contributed by atoms with van der Waals surface area (Å²) < 4.78 is 27.3. The molecule has 0 amide bonds. The Balaban J connectivity index is 1.91. The van der Waals surface area contributed by atoms with Gasteiger partial charge in [0, 0.05) is 17.1 Å². The molecule has 0 radical (unpaired) electrons. The number of nitrogen functional groups attached to an aromatic ring is 1. The number of aromatic nitrogens is 4. The SMILES string of the molecule is CB(O)c1ccc(-n2ccc(C(F)F)n2)c(-c2ccc3c(N)cnnc3c2)c1. The van der Waals surface area contributed by atoms with E-state index in [1.165, 1.54) is 23.1 Å². The molecule has 0 unspecified atom stereocenters. The Morgan fingerprint density at radius 1 is 1.14 bits per heavy atom. The summed E-state index contributed by atoms with van der Waals surface area (Å²) in [6.45, 7) is 0.978. The van der Waals surface area contributed by atoms with Crippen molar-refractivity contribution in [3.05, 3.63) is 60.6 Å². The van der Waals surface area contributed by atoms with Crippen LogP contribution in [0.4, 0.5) is 14.5 Å². The minimum atomic E-state index is -2.65. The van der Waals surface area contributed by atoms with Crippen molar-refractivity contribution in [2.75, 3.05) is 5.73 Å². The van der Waals surface area contributed by atoms with Crippen LogP contribution < -0.4 is 11.2 Å². The highest BCUT2D eigenvalue weighted by Crippen LogP contribution is 2.30. The lowest BCUT2D eigenvalue weighted by molar-refractivity contribution is 0.145. The second-order valence-corrected chi connectivity index (χ2v) is 6.47. The fourth-order valence-electron chi connectivity index (χ4n) is 3.08. The Kier molecular flexibility index (Phi) is 4.52. The van der Waals surface area contributed by atoms with Crippen molar-refractivity contribution in [1.82, 2.24) is 20.0 Å². The Bertz CT molecular complexity index is 1160. The van der Waals surface area contributed by atoms with Crippen molar-refractivity contribution >= 4 is 29.0 Å². The summed E-state index contributed by atoms with van der Waals surface area (Å²) in [6, 6.07) is 12.1. The van der Waals surface area contributed by atoms with Gasteiger partial charge in [0.2, 0.25) is 0 Å². The van der Waals surface area contributed by atoms with Gasteiger partial charge in [-0.15, -0.1) is 0 Å². The molecule has 6 nitrogen and oxygen atoms in total. The van der Waals surface area contributed by atoms with Gasteiger partial charge in [0.15, 0.2) is 0 Å². The number of fused-ring (bicyclic) bond motifs is 1. The van der Waals surface area contributed by atoms with E-state index < -0.39 is 13.3 Å². The molecule has 0 aliphatic heterocycles. The lowest BCUT2D eigenvalue weighted by Gasteiger charge is -2.13. The first-order valence-corrected chi connectivity index (χ1v) is 8.61. The van der Waals surface area contributed by atoms with Gasteiger partial charge < -0.3 is 10.8 Å². The van der Waals surface area contributed by atoms with Crippen LogP contribution in [-0.2, 0) is 0 Å². The fraction of sp³-hybridized carbons (Fsp3) is 0.105. The molecule has 140 valence electrons. The largest absolute Gasteiger partial charge is 0.447 e. The average Bonchev–Trinajstić information content (AvgIpc) is 3.18. The summed E-state index contributed by atoms with van der Waals surface area (Å²) in [5.74, 6) is 0. The zero-order valence-electron chi connectivity index (χ0n) is 14.9. The molecule has 3 N–H and O–H groups in total. The zero-order valence-corrected chi connectivity index (χ0v) is 14.9. The Morgan fingerprint density at radius 3 is 2.68 bits per heavy atom. The second-order valence-electron chi connectivity index (χ2n) is 6.47. The van der Waals surface area contributed by atoms with Gasteiger partial charge in [-0.2, -0.15) is 15.3 Å². The van der Waals surface area contributed by atoms with Gasteiger partial charge in [0.1, 0.15) is 5.69 Å². The number of nitrogens with two attached hydrogens (primary N) is 1. The van der Waals surface area contributed by atoms with Crippen molar-refractivity contribution in [3.8, 4) is 16.8 Å². The molecule has 4 rings (SSSR count). The Morgan fingerprint density at radius 2 is 1.96 bits per heavy atom. The van der Waals surface area contributed by atoms with Gasteiger partial charge in [0.05, 0.1) is 23.1 Å². The van der Waals surface area contributed by atoms with Crippen LogP contribution >= 0.6 is 0 Å². The van der Waals surface area contributed by atoms with E-state index in [1.807, 2.05) is 24.3 Å². The number of alkyl halides is 2. The van der Waals surface area contributed by atoms with Crippen molar-refractivity contribution in [2.24, 2.45) is 0 Å². The van der Waals surface area contributed by atoms with E-state index in [0.29, 0.717) is 27.9 Å². The predicted octanol–water partition coefficient (Wildman–Crippen LogP) is 2.82. The molecule has 0 aliphatic rings. The van der Waals surface area contributed by atoms with E-state index in [4.69, 9.17) is 5.73 Å². The third kappa shape index (κ3) is 3.20. The number of anilines is 1. The lowest BCUT2D eigenvalue weighted by atomic mass is 9.64. The fourth-order valence-corrected chi connectivity index (χ4v) is 3.08. The summed E-state index contributed by atoms with van der Waals surface area (Å²) in [4.78, 5) is 0. The molecule has 0 spiro atoms. The summed E-state index contributed by atoms with van der Waals surface area (Å²) in [7, 11) is 0. The van der Waals surface area contributed by atoms with Crippen molar-refractivity contribution in [1.29, 1.82) is 0 Å². The summed E-state index contributed by atoms with van der Waals surface area (Å²) in [5, 5.41) is 22.7. The van der Waals surface area contributed by atoms with Crippen molar-refractivity contribution < 1.29 is 13.8 Å². The van der Waals surface area contributed by atoms with Crippen molar-refractivity contribution in [2.45, 2.75) is 13.2 Å². The first-order valence-electron chi connectivity index (χ1n) is 8.61. The molecule has 9 heteroatoms. The molecule has 2 aromatic heterocycles. The van der Waals surface area contributed by atoms with Gasteiger partial charge in [0.25, 0.3) is 6.43 Å². The van der Waals surface area contributed by atoms with E-state index in [1.54, 1.807) is 19.0 Å². The predicted molar refractivity (Wildman–Crippen MR) is 105 cm³/mol. The normalized spacial score (nSPS) is 11.3. The van der Waals surface area contributed by atoms with Gasteiger partial charge in [-0.3, -0.25) is 0 Å². The Hall–Kier alpha value is -3.33. The minimum absolute atomic E-state index is 0.303. The maximum absolute atomic E-state index is 13.0. The molecule has 0 aliphatic carbocycles. The monoisotopic (exact) mass is 379 g/mol. The smallest absolute Gasteiger partial charge is 0.320 e. The maximum atomic E-state index is 13.0. The van der Waals surface area contributed by atoms with Gasteiger partial charge in [-0.25, -0.2) is 13.5 Å². The van der Waals surface area contributed by atoms with Crippen LogP contribution in [0.15, 0.2) is 54.9 Å². The first-order chi connectivity index (χ1) is 13.4. The summed E-state index contributed by atoms with van der Waals surface area (Å²) >= 11 is 0. The van der Waals surface area contributed by atoms with Gasteiger partial charge in [-0.1, -0.05) is 25.0 Å². The van der Waals surface area contributed by atoms with Crippen LogP contribution in [0, 0.1) is 0 Å². The number of rotatable bonds is 4. The number of hydrogen-bond donors (Lipinski definition) is 2. The number of halogens is 2. The Labute approximate surface area is 159 Å². The molecule has 0 saturated heterocycles. The topological polar surface area (TPSA) is 89.8 Å². The van der Waals surface area contributed by atoms with E-state index >= 15 is 0 Å². The van der Waals surface area contributed by atoms with Crippen LogP contribution in [0.3, 0.4) is 0 Å². The number of nitrogens with zero attached hydrogens (tertiary/aromatic N) is 4. The van der Waals surface area contributed by atoms with Crippen LogP contribution in [0.2, 0.25) is 6.82 Å². The average molecular weight is 379 g/mol. The van der Waals surface area contributed by atoms with Gasteiger partial charge in [-0.05, 0) is 35.3 Å². The quantitative estimate of drug-likeness (QED) is 0.533. The molecule has 0 atom stereocenters. The third-order valence-electron chi connectivity index (χ3n) is 4.57. The van der Waals surface area contributed by atoms with Crippen LogP contribution in [0.25, 0.3) is 27.7 Å². The molecule has 4 aromatic rings. The molecule has 28 heavy (non-hydrogen) atoms. The van der Waals surface area contributed by atoms with E-state index in [9.17, 15) is 13.8 Å². The molecular formula is C19H16BF2N5O. The van der Waals surface area contributed by atoms with E-state index in [2.05, 4.69) is 15.3 Å². The highest BCUT2D eigenvalue weighted by molar-refractivity contribution is 6.64. The van der Waals surface area contributed by atoms with Crippen molar-refractivity contribution in [3.63, 3.8) is 0 Å². The highest BCUT2D eigenvalue weighted by Gasteiger charge is 2.17. The first kappa shape index (κ1) is 18.1. The number of benzene rings is 2. The summed E-state index contributed by atoms with van der Waals surface area (Å²) in [5.41, 5.74) is 9.56. The van der Waals surface area contributed by atoms with Crippen LogP contribution in [-0.4, -0.2) is 31.9 Å². The molecule has 0 saturated carbocycles. The standard InChI is InChI=1S/C19H16BF2N5O/c1-20(28)12-3-5-18(27-7-6-16(26-27)19(21)22)14(9-12)11-2-4-13-15(23)10-24-25-17(13)8-11/h2-10,19,28H,1H3,(H2,23,25). The van der Waals surface area contributed by atoms with E-state index in [-0.39, 0.29) is 5.69 Å². The summed E-state index contributed by atoms with van der Waals surface area (Å²) in [6.07, 6.45) is 0.318. The van der Waals surface area contributed by atoms with Gasteiger partial charge >= 0.3 is 6.92 Å². The van der Waals surface area contributed by atoms with E-state index in [0.717, 1.165) is 10.9 Å². The second kappa shape index (κ2) is 7.01. The highest BCUT2D eigenvalue weighted by atomic mass is 19.3. The van der Waals surface area contributed by atoms with Crippen LogP contribution in [0.5, 0.6) is 0 Å². The zero-order chi connectivity index (χ0) is 19.8. The minimum Gasteiger partial charge on any atom is -0.447 e. The third-order valence-corrected chi connectivity index (χ3v) is 4.57. The number of hydrogen-bond acceptors (Lipinski definition) is 5.